The molecule has 2 aromatic heterocycles. The molecule has 0 aliphatic carbocycles. The largest absolute Gasteiger partial charge is 0.364 e. The number of aromatic nitrogens is 4. The fraction of sp³-hybridized carbons (Fsp3) is 0.364. The molecule has 2 N–H and O–H groups in total. The molecule has 84 valence electrons. The lowest BCUT2D eigenvalue weighted by Crippen LogP contribution is -2.03. The number of nitrogens with zero attached hydrogens (tertiary/aromatic N) is 3. The van der Waals surface area contributed by atoms with Gasteiger partial charge in [0.2, 0.25) is 0 Å². The van der Waals surface area contributed by atoms with Crippen molar-refractivity contribution in [3.05, 3.63) is 36.0 Å². The highest BCUT2D eigenvalue weighted by atomic mass is 15.1. The predicted octanol–water partition coefficient (Wildman–Crippen LogP) is 1.94. The molecule has 0 amide bonds. The van der Waals surface area contributed by atoms with Gasteiger partial charge in [-0.25, -0.2) is 9.97 Å². The Morgan fingerprint density at radius 1 is 1.38 bits per heavy atom. The van der Waals surface area contributed by atoms with E-state index in [-0.39, 0.29) is 0 Å². The lowest BCUT2D eigenvalue weighted by molar-refractivity contribution is 0.813. The van der Waals surface area contributed by atoms with Gasteiger partial charge in [0.15, 0.2) is 0 Å². The number of rotatable bonds is 4. The molecule has 0 aliphatic heterocycles. The van der Waals surface area contributed by atoms with Crippen molar-refractivity contribution < 1.29 is 0 Å². The van der Waals surface area contributed by atoms with Gasteiger partial charge in [-0.2, -0.15) is 5.10 Å². The van der Waals surface area contributed by atoms with E-state index in [4.69, 9.17) is 0 Å². The van der Waals surface area contributed by atoms with Gasteiger partial charge in [0.05, 0.1) is 12.2 Å². The van der Waals surface area contributed by atoms with Crippen LogP contribution in [0.3, 0.4) is 0 Å². The van der Waals surface area contributed by atoms with Gasteiger partial charge < -0.3 is 5.32 Å². The van der Waals surface area contributed by atoms with E-state index in [1.807, 2.05) is 12.1 Å². The van der Waals surface area contributed by atoms with Crippen LogP contribution >= 0.6 is 0 Å². The molecule has 5 nitrogen and oxygen atoms in total. The maximum atomic E-state index is 4.21. The summed E-state index contributed by atoms with van der Waals surface area (Å²) in [5.41, 5.74) is 2.08. The topological polar surface area (TPSA) is 66.5 Å². The number of aromatic amines is 1. The summed E-state index contributed by atoms with van der Waals surface area (Å²) in [6.07, 6.45) is 3.32. The van der Waals surface area contributed by atoms with E-state index in [2.05, 4.69) is 39.3 Å². The van der Waals surface area contributed by atoms with E-state index < -0.39 is 0 Å². The minimum absolute atomic E-state index is 0.413. The maximum Gasteiger partial charge on any atom is 0.129 e. The van der Waals surface area contributed by atoms with Crippen LogP contribution in [0.4, 0.5) is 5.82 Å². The minimum Gasteiger partial charge on any atom is -0.364 e. The number of hydrogen-bond acceptors (Lipinski definition) is 4. The van der Waals surface area contributed by atoms with Crippen molar-refractivity contribution in [2.45, 2.75) is 26.3 Å². The molecule has 2 heterocycles. The first-order valence-electron chi connectivity index (χ1n) is 5.30. The Bertz CT molecular complexity index is 435. The second kappa shape index (κ2) is 4.74. The quantitative estimate of drug-likeness (QED) is 0.821. The summed E-state index contributed by atoms with van der Waals surface area (Å²) in [5, 5.41) is 9.99. The highest BCUT2D eigenvalue weighted by molar-refractivity contribution is 5.35. The maximum absolute atomic E-state index is 4.21. The smallest absolute Gasteiger partial charge is 0.129 e. The van der Waals surface area contributed by atoms with Crippen LogP contribution in [0.15, 0.2) is 24.7 Å². The van der Waals surface area contributed by atoms with Crippen molar-refractivity contribution in [1.82, 2.24) is 20.2 Å². The first-order valence-corrected chi connectivity index (χ1v) is 5.30. The summed E-state index contributed by atoms with van der Waals surface area (Å²) in [6.45, 7) is 4.91. The Balaban J connectivity index is 2.01. The molecule has 0 radical (unpaired) electrons. The number of nitrogens with one attached hydrogen (secondary N) is 2. The molecule has 16 heavy (non-hydrogen) atoms. The minimum atomic E-state index is 0.413. The standard InChI is InChI=1S/C11H15N5/c1-8(2)10-5-11(14-7-13-10)12-6-9-3-4-15-16-9/h3-5,7-8H,6H2,1-2H3,(H,15,16)(H,12,13,14). The molecule has 0 saturated carbocycles. The Kier molecular flexibility index (Phi) is 3.14. The molecule has 2 aromatic rings. The van der Waals surface area contributed by atoms with Crippen LogP contribution < -0.4 is 5.32 Å². The summed E-state index contributed by atoms with van der Waals surface area (Å²) in [6, 6.07) is 3.90. The summed E-state index contributed by atoms with van der Waals surface area (Å²) in [7, 11) is 0. The van der Waals surface area contributed by atoms with Crippen molar-refractivity contribution in [3.8, 4) is 0 Å². The van der Waals surface area contributed by atoms with Crippen molar-refractivity contribution in [2.24, 2.45) is 0 Å². The number of H-pyrrole nitrogens is 1. The molecule has 5 heteroatoms. The molecule has 0 fully saturated rings. The van der Waals surface area contributed by atoms with Gasteiger partial charge in [-0.3, -0.25) is 5.10 Å². The molecule has 0 spiro atoms. The highest BCUT2D eigenvalue weighted by Crippen LogP contribution is 2.13. The zero-order valence-corrected chi connectivity index (χ0v) is 9.44. The lowest BCUT2D eigenvalue weighted by atomic mass is 10.1. The van der Waals surface area contributed by atoms with Crippen LogP contribution in [-0.4, -0.2) is 20.2 Å². The summed E-state index contributed by atoms with van der Waals surface area (Å²) in [5.74, 6) is 1.25. The van der Waals surface area contributed by atoms with E-state index in [0.717, 1.165) is 17.2 Å². The molecule has 0 bridgehead atoms. The Labute approximate surface area is 94.3 Å². The van der Waals surface area contributed by atoms with Gasteiger partial charge in [0, 0.05) is 18.0 Å². The normalized spacial score (nSPS) is 10.7. The second-order valence-electron chi connectivity index (χ2n) is 3.92. The Morgan fingerprint density at radius 2 is 2.25 bits per heavy atom. The van der Waals surface area contributed by atoms with Crippen LogP contribution in [0.2, 0.25) is 0 Å². The predicted molar refractivity (Wildman–Crippen MR) is 62.0 cm³/mol. The zero-order chi connectivity index (χ0) is 11.4. The first-order chi connectivity index (χ1) is 7.75. The van der Waals surface area contributed by atoms with E-state index in [1.165, 1.54) is 0 Å². The van der Waals surface area contributed by atoms with Crippen LogP contribution in [0, 0.1) is 0 Å². The van der Waals surface area contributed by atoms with E-state index in [1.54, 1.807) is 12.5 Å². The summed E-state index contributed by atoms with van der Waals surface area (Å²) in [4.78, 5) is 8.38. The Hall–Kier alpha value is -1.91. The fourth-order valence-electron chi connectivity index (χ4n) is 1.35. The molecule has 0 unspecified atom stereocenters. The van der Waals surface area contributed by atoms with Crippen LogP contribution in [0.1, 0.15) is 31.2 Å². The highest BCUT2D eigenvalue weighted by Gasteiger charge is 2.02. The molecule has 2 rings (SSSR count). The molecule has 0 atom stereocenters. The molecule has 0 saturated heterocycles. The third kappa shape index (κ3) is 2.56. The van der Waals surface area contributed by atoms with Crippen molar-refractivity contribution in [1.29, 1.82) is 0 Å². The van der Waals surface area contributed by atoms with Crippen molar-refractivity contribution in [3.63, 3.8) is 0 Å². The van der Waals surface area contributed by atoms with Crippen LogP contribution in [-0.2, 0) is 6.54 Å². The Morgan fingerprint density at radius 3 is 2.94 bits per heavy atom. The van der Waals surface area contributed by atoms with E-state index in [9.17, 15) is 0 Å². The van der Waals surface area contributed by atoms with Crippen molar-refractivity contribution in [2.75, 3.05) is 5.32 Å². The number of anilines is 1. The average Bonchev–Trinajstić information content (AvgIpc) is 2.79. The zero-order valence-electron chi connectivity index (χ0n) is 9.44. The van der Waals surface area contributed by atoms with Gasteiger partial charge in [0.1, 0.15) is 12.1 Å². The number of hydrogen-bond donors (Lipinski definition) is 2. The monoisotopic (exact) mass is 217 g/mol. The molecule has 0 aromatic carbocycles. The van der Waals surface area contributed by atoms with Crippen LogP contribution in [0.5, 0.6) is 0 Å². The molecular weight excluding hydrogens is 202 g/mol. The van der Waals surface area contributed by atoms with Crippen LogP contribution in [0.25, 0.3) is 0 Å². The fourth-order valence-corrected chi connectivity index (χ4v) is 1.35. The van der Waals surface area contributed by atoms with Gasteiger partial charge in [-0.05, 0) is 12.0 Å². The third-order valence-electron chi connectivity index (χ3n) is 2.30. The molecular formula is C11H15N5. The van der Waals surface area contributed by atoms with Gasteiger partial charge in [-0.15, -0.1) is 0 Å². The van der Waals surface area contributed by atoms with Gasteiger partial charge >= 0.3 is 0 Å². The third-order valence-corrected chi connectivity index (χ3v) is 2.30. The van der Waals surface area contributed by atoms with E-state index >= 15 is 0 Å². The molecule has 0 aliphatic rings. The van der Waals surface area contributed by atoms with E-state index in [0.29, 0.717) is 12.5 Å². The lowest BCUT2D eigenvalue weighted by Gasteiger charge is -2.07. The van der Waals surface area contributed by atoms with Gasteiger partial charge in [-0.1, -0.05) is 13.8 Å². The summed E-state index contributed by atoms with van der Waals surface area (Å²) >= 11 is 0. The van der Waals surface area contributed by atoms with Gasteiger partial charge in [0.25, 0.3) is 0 Å². The average molecular weight is 217 g/mol. The van der Waals surface area contributed by atoms with Crippen molar-refractivity contribution >= 4 is 5.82 Å². The second-order valence-corrected chi connectivity index (χ2v) is 3.92. The summed E-state index contributed by atoms with van der Waals surface area (Å²) < 4.78 is 0. The SMILES string of the molecule is CC(C)c1cc(NCc2ccn[nH]2)ncn1. The first kappa shape index (κ1) is 10.6.